The maximum atomic E-state index is 6.14. The van der Waals surface area contributed by atoms with Gasteiger partial charge in [-0.2, -0.15) is 0 Å². The third-order valence-electron chi connectivity index (χ3n) is 2.99. The number of hydrogen-bond donors (Lipinski definition) is 1. The smallest absolute Gasteiger partial charge is 0.0455 e. The Hall–Kier alpha value is -0.730. The minimum atomic E-state index is 0.539. The molecule has 15 heavy (non-hydrogen) atoms. The zero-order valence-electron chi connectivity index (χ0n) is 9.26. The Balaban J connectivity index is 2.24. The summed E-state index contributed by atoms with van der Waals surface area (Å²) in [4.78, 5) is 2.40. The Bertz CT molecular complexity index is 351. The van der Waals surface area contributed by atoms with Gasteiger partial charge in [-0.15, -0.1) is 0 Å². The van der Waals surface area contributed by atoms with E-state index in [1.807, 2.05) is 6.92 Å². The minimum absolute atomic E-state index is 0.539. The van der Waals surface area contributed by atoms with Gasteiger partial charge in [0.05, 0.1) is 0 Å². The van der Waals surface area contributed by atoms with Gasteiger partial charge in [0.15, 0.2) is 0 Å². The second kappa shape index (κ2) is 4.42. The van der Waals surface area contributed by atoms with E-state index in [2.05, 4.69) is 35.3 Å². The molecule has 1 saturated heterocycles. The average Bonchev–Trinajstić information content (AvgIpc) is 2.23. The van der Waals surface area contributed by atoms with Crippen LogP contribution in [0.2, 0.25) is 5.02 Å². The number of rotatable bonds is 1. The van der Waals surface area contributed by atoms with Gasteiger partial charge in [-0.3, -0.25) is 0 Å². The number of nitrogens with one attached hydrogen (secondary N) is 1. The molecule has 0 aliphatic carbocycles. The van der Waals surface area contributed by atoms with Crippen molar-refractivity contribution in [3.8, 4) is 0 Å². The van der Waals surface area contributed by atoms with Gasteiger partial charge in [0.2, 0.25) is 0 Å². The first-order valence-corrected chi connectivity index (χ1v) is 5.80. The Morgan fingerprint density at radius 2 is 2.27 bits per heavy atom. The fraction of sp³-hybridized carbons (Fsp3) is 0.500. The number of piperazine rings is 1. The zero-order valence-corrected chi connectivity index (χ0v) is 10.0. The number of halogens is 1. The van der Waals surface area contributed by atoms with E-state index < -0.39 is 0 Å². The van der Waals surface area contributed by atoms with Crippen molar-refractivity contribution in [3.63, 3.8) is 0 Å². The number of aryl methyl sites for hydroxylation is 1. The summed E-state index contributed by atoms with van der Waals surface area (Å²) in [5.41, 5.74) is 2.38. The first-order valence-electron chi connectivity index (χ1n) is 5.42. The maximum absolute atomic E-state index is 6.14. The normalized spacial score (nSPS) is 21.8. The van der Waals surface area contributed by atoms with Gasteiger partial charge in [-0.25, -0.2) is 0 Å². The van der Waals surface area contributed by atoms with Crippen molar-refractivity contribution in [1.29, 1.82) is 0 Å². The highest BCUT2D eigenvalue weighted by atomic mass is 35.5. The predicted octanol–water partition coefficient (Wildman–Crippen LogP) is 2.45. The Morgan fingerprint density at radius 1 is 1.47 bits per heavy atom. The fourth-order valence-electron chi connectivity index (χ4n) is 1.99. The van der Waals surface area contributed by atoms with E-state index in [-0.39, 0.29) is 0 Å². The molecule has 1 aliphatic heterocycles. The minimum Gasteiger partial charge on any atom is -0.366 e. The predicted molar refractivity (Wildman–Crippen MR) is 65.9 cm³/mol. The first-order chi connectivity index (χ1) is 7.18. The highest BCUT2D eigenvalue weighted by Crippen LogP contribution is 2.24. The Labute approximate surface area is 96.2 Å². The molecule has 0 radical (unpaired) electrons. The number of nitrogens with zero attached hydrogens (tertiary/aromatic N) is 1. The standard InChI is InChI=1S/C12H17ClN2/c1-9-3-4-11(7-12(9)13)15-6-5-14-8-10(15)2/h3-4,7,10,14H,5-6,8H2,1-2H3. The highest BCUT2D eigenvalue weighted by Gasteiger charge is 2.18. The molecule has 0 amide bonds. The molecule has 1 aromatic carbocycles. The summed E-state index contributed by atoms with van der Waals surface area (Å²) in [6, 6.07) is 6.85. The molecule has 1 atom stereocenters. The van der Waals surface area contributed by atoms with Gasteiger partial charge in [0.1, 0.15) is 0 Å². The summed E-state index contributed by atoms with van der Waals surface area (Å²) < 4.78 is 0. The molecule has 1 fully saturated rings. The molecule has 0 spiro atoms. The van der Waals surface area contributed by atoms with Gasteiger partial charge in [-0.1, -0.05) is 17.7 Å². The van der Waals surface area contributed by atoms with E-state index in [0.29, 0.717) is 6.04 Å². The lowest BCUT2D eigenvalue weighted by molar-refractivity contribution is 0.501. The summed E-state index contributed by atoms with van der Waals surface area (Å²) in [6.45, 7) is 7.43. The van der Waals surface area contributed by atoms with Crippen LogP contribution in [0.3, 0.4) is 0 Å². The molecule has 1 unspecified atom stereocenters. The lowest BCUT2D eigenvalue weighted by Crippen LogP contribution is -2.49. The van der Waals surface area contributed by atoms with Gasteiger partial charge < -0.3 is 10.2 Å². The SMILES string of the molecule is Cc1ccc(N2CCNCC2C)cc1Cl. The molecule has 0 saturated carbocycles. The van der Waals surface area contributed by atoms with Crippen LogP contribution in [-0.2, 0) is 0 Å². The van der Waals surface area contributed by atoms with Crippen molar-refractivity contribution in [2.24, 2.45) is 0 Å². The van der Waals surface area contributed by atoms with Gasteiger partial charge >= 0.3 is 0 Å². The van der Waals surface area contributed by atoms with Gasteiger partial charge in [0.25, 0.3) is 0 Å². The van der Waals surface area contributed by atoms with Crippen molar-refractivity contribution in [2.45, 2.75) is 19.9 Å². The molecular weight excluding hydrogens is 208 g/mol. The van der Waals surface area contributed by atoms with E-state index >= 15 is 0 Å². The Kier molecular flexibility index (Phi) is 3.17. The number of anilines is 1. The molecule has 0 aromatic heterocycles. The van der Waals surface area contributed by atoms with Gasteiger partial charge in [-0.05, 0) is 31.5 Å². The molecule has 1 aliphatic rings. The van der Waals surface area contributed by atoms with Crippen LogP contribution in [0.5, 0.6) is 0 Å². The van der Waals surface area contributed by atoms with E-state index in [1.54, 1.807) is 0 Å². The molecule has 3 heteroatoms. The van der Waals surface area contributed by atoms with E-state index in [4.69, 9.17) is 11.6 Å². The lowest BCUT2D eigenvalue weighted by atomic mass is 10.1. The summed E-state index contributed by atoms with van der Waals surface area (Å²) in [5, 5.41) is 4.25. The van der Waals surface area contributed by atoms with E-state index in [1.165, 1.54) is 5.69 Å². The average molecular weight is 225 g/mol. The maximum Gasteiger partial charge on any atom is 0.0455 e. The van der Waals surface area contributed by atoms with Crippen molar-refractivity contribution < 1.29 is 0 Å². The monoisotopic (exact) mass is 224 g/mol. The van der Waals surface area contributed by atoms with Crippen LogP contribution in [0.15, 0.2) is 18.2 Å². The molecular formula is C12H17ClN2. The van der Waals surface area contributed by atoms with Crippen molar-refractivity contribution in [3.05, 3.63) is 28.8 Å². The number of hydrogen-bond acceptors (Lipinski definition) is 2. The lowest BCUT2D eigenvalue weighted by Gasteiger charge is -2.36. The summed E-state index contributed by atoms with van der Waals surface area (Å²) in [7, 11) is 0. The molecule has 1 N–H and O–H groups in total. The number of benzene rings is 1. The largest absolute Gasteiger partial charge is 0.366 e. The van der Waals surface area contributed by atoms with Crippen LogP contribution in [0, 0.1) is 6.92 Å². The molecule has 82 valence electrons. The summed E-state index contributed by atoms with van der Waals surface area (Å²) in [5.74, 6) is 0. The quantitative estimate of drug-likeness (QED) is 0.789. The molecule has 2 nitrogen and oxygen atoms in total. The molecule has 1 heterocycles. The molecule has 2 rings (SSSR count). The Morgan fingerprint density at radius 3 is 2.93 bits per heavy atom. The summed E-state index contributed by atoms with van der Waals surface area (Å²) >= 11 is 6.14. The van der Waals surface area contributed by atoms with Crippen molar-refractivity contribution in [1.82, 2.24) is 5.32 Å². The second-order valence-corrected chi connectivity index (χ2v) is 4.59. The van der Waals surface area contributed by atoms with E-state index in [9.17, 15) is 0 Å². The highest BCUT2D eigenvalue weighted by molar-refractivity contribution is 6.31. The summed E-state index contributed by atoms with van der Waals surface area (Å²) in [6.07, 6.45) is 0. The third kappa shape index (κ3) is 2.27. The van der Waals surface area contributed by atoms with Crippen LogP contribution in [-0.4, -0.2) is 25.7 Å². The van der Waals surface area contributed by atoms with Crippen LogP contribution < -0.4 is 10.2 Å². The van der Waals surface area contributed by atoms with Gasteiger partial charge in [0, 0.05) is 36.4 Å². The van der Waals surface area contributed by atoms with Crippen LogP contribution in [0.25, 0.3) is 0 Å². The van der Waals surface area contributed by atoms with E-state index in [0.717, 1.165) is 30.2 Å². The van der Waals surface area contributed by atoms with Crippen LogP contribution in [0.4, 0.5) is 5.69 Å². The van der Waals surface area contributed by atoms with Crippen LogP contribution in [0.1, 0.15) is 12.5 Å². The molecule has 0 bridgehead atoms. The van der Waals surface area contributed by atoms with Crippen LogP contribution >= 0.6 is 11.6 Å². The fourth-order valence-corrected chi connectivity index (χ4v) is 2.16. The van der Waals surface area contributed by atoms with Crippen molar-refractivity contribution in [2.75, 3.05) is 24.5 Å². The third-order valence-corrected chi connectivity index (χ3v) is 3.40. The zero-order chi connectivity index (χ0) is 10.8. The topological polar surface area (TPSA) is 15.3 Å². The first kappa shape index (κ1) is 10.8. The van der Waals surface area contributed by atoms with Crippen molar-refractivity contribution >= 4 is 17.3 Å². The molecule has 1 aromatic rings. The second-order valence-electron chi connectivity index (χ2n) is 4.18.